The third kappa shape index (κ3) is 7460. The van der Waals surface area contributed by atoms with Gasteiger partial charge >= 0.3 is 60.3 Å². The fraction of sp³-hybridized carbons (Fsp3) is 0. The molecule has 0 radical (unpaired) electrons. The van der Waals surface area contributed by atoms with Crippen LogP contribution >= 0.6 is 54.8 Å². The summed E-state index contributed by atoms with van der Waals surface area (Å²) in [6.45, 7) is 0. The van der Waals surface area contributed by atoms with Crippen LogP contribution in [0.25, 0.3) is 0 Å². The smallest absolute Gasteiger partial charge is 0.822 e. The molecule has 0 N–H and O–H groups in total. The molecule has 0 bridgehead atoms. The molecule has 0 unspecified atom stereocenters. The van der Waals surface area contributed by atoms with Gasteiger partial charge in [0.25, 0.3) is 0 Å². The fourth-order valence-corrected chi connectivity index (χ4v) is 0. The van der Waals surface area contributed by atoms with E-state index in [1.807, 2.05) is 0 Å². The maximum atomic E-state index is 8.55. The van der Waals surface area contributed by atoms with E-state index in [9.17, 15) is 0 Å². The molecule has 0 aromatic heterocycles. The van der Waals surface area contributed by atoms with E-state index in [2.05, 4.69) is 0 Å². The van der Waals surface area contributed by atoms with Crippen molar-refractivity contribution >= 4 is 54.8 Å². The molecule has 38 heavy (non-hydrogen) atoms. The van der Waals surface area contributed by atoms with Crippen molar-refractivity contribution in [3.05, 3.63) is 0 Å². The quantitative estimate of drug-likeness (QED) is 0.203. The van der Waals surface area contributed by atoms with Crippen LogP contribution in [-0.2, 0) is 92.3 Å². The van der Waals surface area contributed by atoms with Gasteiger partial charge in [0, 0.05) is 0 Å². The van der Waals surface area contributed by atoms with Crippen LogP contribution in [0.2, 0.25) is 0 Å². The molecular formula is O28P7Tc3. The maximum absolute atomic E-state index is 8.55. The Morgan fingerprint density at radius 2 is 0.184 bits per heavy atom. The zero-order valence-electron chi connectivity index (χ0n) is 15.7. The number of rotatable bonds is 0. The summed E-state index contributed by atoms with van der Waals surface area (Å²) in [4.78, 5) is 180. The van der Waals surface area contributed by atoms with Gasteiger partial charge in [-0.25, -0.2) is 0 Å². The molecule has 0 atom stereocenters. The van der Waals surface area contributed by atoms with Gasteiger partial charge in [-0.2, -0.15) is 54.8 Å². The first-order chi connectivity index (χ1) is 14.0. The number of phosphoric acid groups is 7. The summed E-state index contributed by atoms with van der Waals surface area (Å²) in [5, 5.41) is 0. The topological polar surface area (TPSA) is 604 Å². The van der Waals surface area contributed by atoms with E-state index < -0.39 is 54.8 Å². The first-order valence-corrected chi connectivity index (χ1v) is 15.3. The van der Waals surface area contributed by atoms with Gasteiger partial charge < -0.3 is 135 Å². The Balaban J connectivity index is -0.0000000297. The Labute approximate surface area is 248 Å². The molecule has 38 heteroatoms. The Morgan fingerprint density at radius 1 is 0.184 bits per heavy atom. The molecule has 0 aromatic carbocycles. The molecule has 0 spiro atoms. The summed E-state index contributed by atoms with van der Waals surface area (Å²) in [5.41, 5.74) is 0. The second-order valence-corrected chi connectivity index (χ2v) is 9.39. The van der Waals surface area contributed by atoms with Gasteiger partial charge in [0.1, 0.15) is 0 Å². The van der Waals surface area contributed by atoms with Crippen LogP contribution in [0.1, 0.15) is 0 Å². The molecule has 0 aromatic rings. The molecule has 0 heterocycles. The van der Waals surface area contributed by atoms with Gasteiger partial charge in [0.05, 0.1) is 0 Å². The normalized spacial score (nSPS) is 10.9. The summed E-state index contributed by atoms with van der Waals surface area (Å²) in [6, 6.07) is 0. The molecule has 0 rings (SSSR count). The van der Waals surface area contributed by atoms with Crippen molar-refractivity contribution in [2.24, 2.45) is 0 Å². The van der Waals surface area contributed by atoms with Crippen LogP contribution in [-0.4, -0.2) is 0 Å². The average Bonchev–Trinajstić information content (AvgIpc) is 2.06. The molecule has 0 fully saturated rings. The van der Waals surface area contributed by atoms with Crippen molar-refractivity contribution < 1.29 is 195 Å². The third-order valence-corrected chi connectivity index (χ3v) is 0. The Bertz CT molecular complexity index is 560. The Hall–Kier alpha value is 2.72. The maximum Gasteiger partial charge on any atom is 7.00 e. The van der Waals surface area contributed by atoms with Crippen LogP contribution in [0.5, 0.6) is 0 Å². The largest absolute Gasteiger partial charge is 7.00 e. The fourth-order valence-electron chi connectivity index (χ4n) is 0. The van der Waals surface area contributed by atoms with Gasteiger partial charge in [-0.1, -0.05) is 0 Å². The minimum atomic E-state index is -5.39. The minimum absolute atomic E-state index is 0. The monoisotopic (exact) mass is 955 g/mol. The molecule has 224 valence electrons. The second kappa shape index (κ2) is 29.8. The molecule has 0 saturated carbocycles. The van der Waals surface area contributed by atoms with Crippen LogP contribution < -0.4 is 103 Å². The zero-order valence-corrected chi connectivity index (χ0v) is 27.5. The molecule has 0 aliphatic carbocycles. The molecule has 0 amide bonds. The van der Waals surface area contributed by atoms with E-state index in [1.165, 1.54) is 0 Å². The van der Waals surface area contributed by atoms with E-state index in [0.29, 0.717) is 0 Å². The summed E-state index contributed by atoms with van der Waals surface area (Å²) >= 11 is 0. The van der Waals surface area contributed by atoms with Gasteiger partial charge in [0.2, 0.25) is 0 Å². The van der Waals surface area contributed by atoms with Crippen molar-refractivity contribution in [3.63, 3.8) is 0 Å². The van der Waals surface area contributed by atoms with Crippen molar-refractivity contribution in [2.75, 3.05) is 0 Å². The first kappa shape index (κ1) is 68.1. The van der Waals surface area contributed by atoms with Gasteiger partial charge in [-0.3, -0.25) is 0 Å². The van der Waals surface area contributed by atoms with E-state index in [0.717, 1.165) is 0 Å². The number of hydrogen-bond acceptors (Lipinski definition) is 28. The standard InChI is InChI=1S/7H3O4P.3Tc/c7*1-5(2,3)4;;;/h7*(H3,1,2,3,4);;;/q;;;;;;;3*+7/p-21. The second-order valence-electron chi connectivity index (χ2n) is 3.13. The SMILES string of the molecule is O=P([O-])([O-])[O-].O=P([O-])([O-])[O-].O=P([O-])([O-])[O-].O=P([O-])([O-])[O-].O=P([O-])([O-])[O-].O=P([O-])([O-])[O-].O=P([O-])([O-])[O-].[Tc+7].[Tc+7].[Tc+7]. The molecule has 0 aliphatic heterocycles. The third-order valence-electron chi connectivity index (χ3n) is 0. The molecule has 0 aliphatic rings. The van der Waals surface area contributed by atoms with Crippen LogP contribution in [0.4, 0.5) is 0 Å². The van der Waals surface area contributed by atoms with Crippen molar-refractivity contribution in [1.82, 2.24) is 0 Å². The van der Waals surface area contributed by atoms with Crippen LogP contribution in [0.15, 0.2) is 0 Å². The van der Waals surface area contributed by atoms with Crippen molar-refractivity contribution in [2.45, 2.75) is 0 Å². The number of hydrogen-bond donors (Lipinski definition) is 0. The minimum Gasteiger partial charge on any atom is -0.822 e. The van der Waals surface area contributed by atoms with E-state index >= 15 is 0 Å². The predicted molar refractivity (Wildman–Crippen MR) is 53.2 cm³/mol. The summed E-state index contributed by atoms with van der Waals surface area (Å²) in [6.07, 6.45) is 0. The van der Waals surface area contributed by atoms with Gasteiger partial charge in [0.15, 0.2) is 0 Å². The average molecular weight is 959 g/mol. The molecule has 28 nitrogen and oxygen atoms in total. The van der Waals surface area contributed by atoms with Crippen LogP contribution in [0, 0.1) is 0 Å². The zero-order chi connectivity index (χ0) is 31.5. The molecular weight excluding hydrogens is 959 g/mol. The van der Waals surface area contributed by atoms with Crippen molar-refractivity contribution in [1.29, 1.82) is 0 Å². The van der Waals surface area contributed by atoms with E-state index in [1.54, 1.807) is 0 Å². The van der Waals surface area contributed by atoms with E-state index in [-0.39, 0.29) is 60.3 Å². The summed E-state index contributed by atoms with van der Waals surface area (Å²) in [7, 11) is -37.7. The molecule has 0 saturated heterocycles. The summed E-state index contributed by atoms with van der Waals surface area (Å²) < 4.78 is 59.8. The van der Waals surface area contributed by atoms with Crippen LogP contribution in [0.3, 0.4) is 0 Å². The Morgan fingerprint density at radius 3 is 0.184 bits per heavy atom. The van der Waals surface area contributed by atoms with E-state index in [4.69, 9.17) is 135 Å². The van der Waals surface area contributed by atoms with Crippen molar-refractivity contribution in [3.8, 4) is 0 Å². The first-order valence-electron chi connectivity index (χ1n) is 5.11. The van der Waals surface area contributed by atoms with Gasteiger partial charge in [-0.05, 0) is 0 Å². The van der Waals surface area contributed by atoms with Gasteiger partial charge in [-0.15, -0.1) is 0 Å². The predicted octanol–water partition coefficient (Wildman–Crippen LogP) is -19.8. The summed E-state index contributed by atoms with van der Waals surface area (Å²) in [5.74, 6) is 0. The Kier molecular flexibility index (Phi) is 53.3.